The second kappa shape index (κ2) is 9.05. The van der Waals surface area contributed by atoms with E-state index in [9.17, 15) is 4.79 Å². The summed E-state index contributed by atoms with van der Waals surface area (Å²) in [7, 11) is 3.16. The monoisotopic (exact) mass is 392 g/mol. The minimum Gasteiger partial charge on any atom is -0.493 e. The summed E-state index contributed by atoms with van der Waals surface area (Å²) < 4.78 is 10.5. The Morgan fingerprint density at radius 2 is 1.69 bits per heavy atom. The van der Waals surface area contributed by atoms with E-state index in [0.29, 0.717) is 29.6 Å². The number of methoxy groups -OCH3 is 2. The van der Waals surface area contributed by atoms with Crippen molar-refractivity contribution in [1.82, 2.24) is 15.3 Å². The number of hydrogen-bond acceptors (Lipinski definition) is 6. The van der Waals surface area contributed by atoms with E-state index in [4.69, 9.17) is 9.47 Å². The molecule has 0 unspecified atom stereocenters. The summed E-state index contributed by atoms with van der Waals surface area (Å²) in [6.07, 6.45) is 3.01. The van der Waals surface area contributed by atoms with Gasteiger partial charge in [-0.3, -0.25) is 4.79 Å². The van der Waals surface area contributed by atoms with Crippen molar-refractivity contribution in [2.24, 2.45) is 0 Å². The summed E-state index contributed by atoms with van der Waals surface area (Å²) in [5.74, 6) is 1.44. The third kappa shape index (κ3) is 5.01. The van der Waals surface area contributed by atoms with Crippen LogP contribution in [0, 0.1) is 13.8 Å². The fourth-order valence-electron chi connectivity index (χ4n) is 2.86. The van der Waals surface area contributed by atoms with E-state index in [2.05, 4.69) is 26.7 Å². The molecule has 1 amide bonds. The van der Waals surface area contributed by atoms with Crippen LogP contribution in [0.3, 0.4) is 0 Å². The van der Waals surface area contributed by atoms with Crippen LogP contribution in [0.2, 0.25) is 0 Å². The van der Waals surface area contributed by atoms with Gasteiger partial charge in [0.15, 0.2) is 11.5 Å². The van der Waals surface area contributed by atoms with Gasteiger partial charge >= 0.3 is 0 Å². The second-order valence-corrected chi connectivity index (χ2v) is 6.61. The quantitative estimate of drug-likeness (QED) is 0.636. The van der Waals surface area contributed by atoms with E-state index >= 15 is 0 Å². The van der Waals surface area contributed by atoms with Gasteiger partial charge in [-0.15, -0.1) is 0 Å². The Kier molecular flexibility index (Phi) is 6.29. The highest BCUT2D eigenvalue weighted by molar-refractivity contribution is 5.93. The smallest absolute Gasteiger partial charge is 0.254 e. The maximum Gasteiger partial charge on any atom is 0.254 e. The van der Waals surface area contributed by atoms with E-state index in [-0.39, 0.29) is 5.91 Å². The number of nitrogens with one attached hydrogen (secondary N) is 2. The van der Waals surface area contributed by atoms with Crippen LogP contribution in [-0.2, 0) is 6.54 Å². The summed E-state index contributed by atoms with van der Waals surface area (Å²) in [6, 6.07) is 11.6. The Labute approximate surface area is 170 Å². The molecular formula is C22H24N4O3. The zero-order chi connectivity index (χ0) is 20.8. The fourth-order valence-corrected chi connectivity index (χ4v) is 2.86. The van der Waals surface area contributed by atoms with Crippen LogP contribution in [0.25, 0.3) is 0 Å². The molecule has 3 aromatic rings. The van der Waals surface area contributed by atoms with Crippen LogP contribution in [-0.4, -0.2) is 30.1 Å². The van der Waals surface area contributed by atoms with Gasteiger partial charge in [-0.05, 0) is 43.2 Å². The lowest BCUT2D eigenvalue weighted by Crippen LogP contribution is -2.23. The average molecular weight is 392 g/mol. The predicted octanol–water partition coefficient (Wildman–Crippen LogP) is 3.78. The molecule has 7 nitrogen and oxygen atoms in total. The van der Waals surface area contributed by atoms with Crippen molar-refractivity contribution in [3.8, 4) is 11.5 Å². The highest BCUT2D eigenvalue weighted by Crippen LogP contribution is 2.27. The van der Waals surface area contributed by atoms with Crippen LogP contribution in [0.5, 0.6) is 11.5 Å². The number of anilines is 2. The maximum absolute atomic E-state index is 12.4. The fraction of sp³-hybridized carbons (Fsp3) is 0.227. The van der Waals surface area contributed by atoms with E-state index in [0.717, 1.165) is 16.8 Å². The molecule has 0 aliphatic carbocycles. The van der Waals surface area contributed by atoms with Gasteiger partial charge in [0, 0.05) is 24.6 Å². The van der Waals surface area contributed by atoms with Gasteiger partial charge in [-0.25, -0.2) is 9.97 Å². The lowest BCUT2D eigenvalue weighted by Gasteiger charge is -2.11. The summed E-state index contributed by atoms with van der Waals surface area (Å²) in [5, 5.41) is 6.02. The van der Waals surface area contributed by atoms with Crippen LogP contribution in [0.15, 0.2) is 48.8 Å². The van der Waals surface area contributed by atoms with Gasteiger partial charge in [-0.2, -0.15) is 0 Å². The topological polar surface area (TPSA) is 85.4 Å². The van der Waals surface area contributed by atoms with Crippen LogP contribution < -0.4 is 20.1 Å². The van der Waals surface area contributed by atoms with Gasteiger partial charge in [0.05, 0.1) is 19.8 Å². The number of aromatic nitrogens is 2. The first-order valence-electron chi connectivity index (χ1n) is 9.15. The number of nitrogens with zero attached hydrogens (tertiary/aromatic N) is 2. The Hall–Kier alpha value is -3.61. The molecule has 0 saturated heterocycles. The Morgan fingerprint density at radius 1 is 0.966 bits per heavy atom. The molecular weight excluding hydrogens is 368 g/mol. The summed E-state index contributed by atoms with van der Waals surface area (Å²) in [5.41, 5.74) is 4.50. The molecule has 3 rings (SSSR count). The number of benzene rings is 2. The van der Waals surface area contributed by atoms with Crippen molar-refractivity contribution in [1.29, 1.82) is 0 Å². The maximum atomic E-state index is 12.4. The van der Waals surface area contributed by atoms with E-state index in [1.165, 1.54) is 18.0 Å². The van der Waals surface area contributed by atoms with E-state index in [1.807, 2.05) is 38.1 Å². The Morgan fingerprint density at radius 3 is 2.34 bits per heavy atom. The van der Waals surface area contributed by atoms with Crippen molar-refractivity contribution >= 4 is 17.5 Å². The van der Waals surface area contributed by atoms with E-state index < -0.39 is 0 Å². The molecule has 0 atom stereocenters. The Bertz CT molecular complexity index is 1000. The predicted molar refractivity (Wildman–Crippen MR) is 112 cm³/mol. The van der Waals surface area contributed by atoms with Gasteiger partial charge in [0.25, 0.3) is 5.91 Å². The standard InChI is InChI=1S/C22H24N4O3/c1-14-5-7-18(15(2)9-14)26-22-24-12-17(13-25-22)21(27)23-11-16-6-8-19(28-3)20(10-16)29-4/h5-10,12-13H,11H2,1-4H3,(H,23,27)(H,24,25,26). The average Bonchev–Trinajstić information content (AvgIpc) is 2.74. The summed E-state index contributed by atoms with van der Waals surface area (Å²) in [4.78, 5) is 20.9. The zero-order valence-corrected chi connectivity index (χ0v) is 16.9. The van der Waals surface area contributed by atoms with Crippen LogP contribution in [0.1, 0.15) is 27.0 Å². The van der Waals surface area contributed by atoms with Crippen molar-refractivity contribution in [2.45, 2.75) is 20.4 Å². The minimum atomic E-state index is -0.252. The number of hydrogen-bond donors (Lipinski definition) is 2. The minimum absolute atomic E-state index is 0.252. The molecule has 0 saturated carbocycles. The number of aryl methyl sites for hydroxylation is 2. The van der Waals surface area contributed by atoms with Crippen molar-refractivity contribution in [3.63, 3.8) is 0 Å². The molecule has 0 aliphatic heterocycles. The molecule has 0 fully saturated rings. The molecule has 2 aromatic carbocycles. The molecule has 0 aliphatic rings. The van der Waals surface area contributed by atoms with Gasteiger partial charge in [0.2, 0.25) is 5.95 Å². The normalized spacial score (nSPS) is 10.3. The van der Waals surface area contributed by atoms with E-state index in [1.54, 1.807) is 20.3 Å². The number of carbonyl (C=O) groups is 1. The zero-order valence-electron chi connectivity index (χ0n) is 16.9. The molecule has 0 spiro atoms. The first-order chi connectivity index (χ1) is 14.0. The number of ether oxygens (including phenoxy) is 2. The third-order valence-electron chi connectivity index (χ3n) is 4.44. The van der Waals surface area contributed by atoms with Crippen molar-refractivity contribution in [2.75, 3.05) is 19.5 Å². The first-order valence-corrected chi connectivity index (χ1v) is 9.15. The lowest BCUT2D eigenvalue weighted by atomic mass is 10.1. The summed E-state index contributed by atoms with van der Waals surface area (Å²) >= 11 is 0. The van der Waals surface area contributed by atoms with Crippen LogP contribution in [0.4, 0.5) is 11.6 Å². The van der Waals surface area contributed by atoms with Gasteiger partial charge in [-0.1, -0.05) is 23.8 Å². The van der Waals surface area contributed by atoms with Crippen molar-refractivity contribution < 1.29 is 14.3 Å². The molecule has 150 valence electrons. The molecule has 0 radical (unpaired) electrons. The largest absolute Gasteiger partial charge is 0.493 e. The van der Waals surface area contributed by atoms with Gasteiger partial charge < -0.3 is 20.1 Å². The number of amides is 1. The number of carbonyl (C=O) groups excluding carboxylic acids is 1. The van der Waals surface area contributed by atoms with Gasteiger partial charge in [0.1, 0.15) is 0 Å². The molecule has 0 bridgehead atoms. The molecule has 7 heteroatoms. The molecule has 1 heterocycles. The molecule has 1 aromatic heterocycles. The highest BCUT2D eigenvalue weighted by atomic mass is 16.5. The van der Waals surface area contributed by atoms with Crippen molar-refractivity contribution in [3.05, 3.63) is 71.0 Å². The second-order valence-electron chi connectivity index (χ2n) is 6.61. The lowest BCUT2D eigenvalue weighted by molar-refractivity contribution is 0.0950. The summed E-state index contributed by atoms with van der Waals surface area (Å²) in [6.45, 7) is 4.41. The third-order valence-corrected chi connectivity index (χ3v) is 4.44. The SMILES string of the molecule is COc1ccc(CNC(=O)c2cnc(Nc3ccc(C)cc3C)nc2)cc1OC. The Balaban J connectivity index is 1.61. The molecule has 2 N–H and O–H groups in total. The van der Waals surface area contributed by atoms with Crippen LogP contribution >= 0.6 is 0 Å². The molecule has 29 heavy (non-hydrogen) atoms. The highest BCUT2D eigenvalue weighted by Gasteiger charge is 2.10. The number of rotatable bonds is 7. The first kappa shape index (κ1) is 20.1.